The lowest BCUT2D eigenvalue weighted by Gasteiger charge is -2.28. The van der Waals surface area contributed by atoms with Crippen LogP contribution in [-0.2, 0) is 6.42 Å². The summed E-state index contributed by atoms with van der Waals surface area (Å²) in [6, 6.07) is 10.4. The van der Waals surface area contributed by atoms with E-state index in [1.165, 1.54) is 63.9 Å². The van der Waals surface area contributed by atoms with Gasteiger partial charge in [-0.2, -0.15) is 8.78 Å². The zero-order valence-electron chi connectivity index (χ0n) is 21.3. The van der Waals surface area contributed by atoms with Crippen molar-refractivity contribution in [2.45, 2.75) is 84.2 Å². The van der Waals surface area contributed by atoms with E-state index in [-0.39, 0.29) is 11.1 Å². The van der Waals surface area contributed by atoms with Crippen molar-refractivity contribution >= 4 is 10.8 Å². The van der Waals surface area contributed by atoms with Crippen molar-refractivity contribution in [3.05, 3.63) is 65.5 Å². The van der Waals surface area contributed by atoms with Crippen LogP contribution in [0.25, 0.3) is 21.9 Å². The van der Waals surface area contributed by atoms with Gasteiger partial charge in [-0.3, -0.25) is 0 Å². The van der Waals surface area contributed by atoms with Crippen LogP contribution < -0.4 is 4.74 Å². The smallest absolute Gasteiger partial charge is 0.387 e. The zero-order valence-corrected chi connectivity index (χ0v) is 21.3. The first-order valence-electron chi connectivity index (χ1n) is 13.5. The highest BCUT2D eigenvalue weighted by Crippen LogP contribution is 2.36. The largest absolute Gasteiger partial charge is 0.429 e. The van der Waals surface area contributed by atoms with Crippen LogP contribution >= 0.6 is 0 Å². The third-order valence-corrected chi connectivity index (χ3v) is 7.81. The summed E-state index contributed by atoms with van der Waals surface area (Å²) >= 11 is 0. The highest BCUT2D eigenvalue weighted by Gasteiger charge is 2.22. The van der Waals surface area contributed by atoms with E-state index in [2.05, 4.69) is 11.7 Å². The lowest BCUT2D eigenvalue weighted by molar-refractivity contribution is -0.0546. The number of unbranched alkanes of at least 4 members (excludes halogenated alkanes) is 3. The van der Waals surface area contributed by atoms with E-state index >= 15 is 4.39 Å². The van der Waals surface area contributed by atoms with Gasteiger partial charge in [-0.05, 0) is 53.3 Å². The standard InChI is InChI=1S/C31H35F5O/c1-2-3-4-5-6-20-7-9-21(10-8-20)11-12-22-13-15-25-23(17-22)14-16-26(29(25)34)24-18-27(32)30(28(33)19-24)37-31(35)36/h13-21,31H,2-12H2,1H3/t20-,21-. The number of halogens is 5. The molecular weight excluding hydrogens is 483 g/mol. The van der Waals surface area contributed by atoms with Crippen molar-refractivity contribution < 1.29 is 26.7 Å². The zero-order chi connectivity index (χ0) is 26.4. The maximum Gasteiger partial charge on any atom is 0.387 e. The van der Waals surface area contributed by atoms with Gasteiger partial charge in [-0.15, -0.1) is 0 Å². The van der Waals surface area contributed by atoms with Gasteiger partial charge < -0.3 is 4.74 Å². The molecule has 0 aromatic heterocycles. The minimum Gasteiger partial charge on any atom is -0.429 e. The molecule has 1 nitrogen and oxygen atoms in total. The minimum atomic E-state index is -3.36. The Kier molecular flexibility index (Phi) is 9.44. The number of benzene rings is 3. The van der Waals surface area contributed by atoms with Crippen LogP contribution in [-0.4, -0.2) is 6.61 Å². The molecule has 1 aliphatic rings. The average Bonchev–Trinajstić information content (AvgIpc) is 2.88. The summed E-state index contributed by atoms with van der Waals surface area (Å²) in [7, 11) is 0. The van der Waals surface area contributed by atoms with Gasteiger partial charge in [0.1, 0.15) is 5.82 Å². The highest BCUT2D eigenvalue weighted by molar-refractivity contribution is 5.88. The molecule has 0 unspecified atom stereocenters. The molecule has 4 rings (SSSR count). The van der Waals surface area contributed by atoms with E-state index in [0.717, 1.165) is 42.4 Å². The molecule has 0 spiro atoms. The second-order valence-electron chi connectivity index (χ2n) is 10.4. The minimum absolute atomic E-state index is 0.00639. The van der Waals surface area contributed by atoms with Crippen LogP contribution in [0.4, 0.5) is 22.0 Å². The molecule has 0 atom stereocenters. The average molecular weight is 519 g/mol. The number of hydrogen-bond acceptors (Lipinski definition) is 1. The van der Waals surface area contributed by atoms with Crippen LogP contribution in [0.1, 0.15) is 76.7 Å². The number of hydrogen-bond donors (Lipinski definition) is 0. The van der Waals surface area contributed by atoms with Crippen LogP contribution in [0.3, 0.4) is 0 Å². The topological polar surface area (TPSA) is 9.23 Å². The van der Waals surface area contributed by atoms with E-state index in [4.69, 9.17) is 0 Å². The Morgan fingerprint density at radius 1 is 0.811 bits per heavy atom. The molecule has 200 valence electrons. The second-order valence-corrected chi connectivity index (χ2v) is 10.4. The molecule has 1 saturated carbocycles. The second kappa shape index (κ2) is 12.7. The Balaban J connectivity index is 1.39. The lowest BCUT2D eigenvalue weighted by atomic mass is 9.77. The summed E-state index contributed by atoms with van der Waals surface area (Å²) in [5.74, 6) is -2.77. The summed E-state index contributed by atoms with van der Waals surface area (Å²) in [4.78, 5) is 0. The molecule has 0 amide bonds. The molecule has 0 heterocycles. The van der Waals surface area contributed by atoms with Crippen molar-refractivity contribution in [2.24, 2.45) is 11.8 Å². The van der Waals surface area contributed by atoms with Gasteiger partial charge in [-0.25, -0.2) is 13.2 Å². The van der Waals surface area contributed by atoms with Crippen LogP contribution in [0.15, 0.2) is 42.5 Å². The lowest BCUT2D eigenvalue weighted by Crippen LogP contribution is -2.15. The fourth-order valence-corrected chi connectivity index (χ4v) is 5.68. The molecule has 0 radical (unpaired) electrons. The molecule has 6 heteroatoms. The van der Waals surface area contributed by atoms with E-state index in [1.807, 2.05) is 12.1 Å². The van der Waals surface area contributed by atoms with Crippen LogP contribution in [0.2, 0.25) is 0 Å². The van der Waals surface area contributed by atoms with Crippen LogP contribution in [0, 0.1) is 29.3 Å². The Bertz CT molecular complexity index is 1160. The van der Waals surface area contributed by atoms with E-state index in [0.29, 0.717) is 10.8 Å². The maximum absolute atomic E-state index is 15.3. The first kappa shape index (κ1) is 27.4. The van der Waals surface area contributed by atoms with Crippen molar-refractivity contribution in [1.82, 2.24) is 0 Å². The summed E-state index contributed by atoms with van der Waals surface area (Å²) in [6.07, 6.45) is 14.0. The van der Waals surface area contributed by atoms with E-state index in [1.54, 1.807) is 12.1 Å². The Labute approximate surface area is 216 Å². The molecule has 3 aromatic rings. The number of fused-ring (bicyclic) bond motifs is 1. The molecule has 3 aromatic carbocycles. The number of ether oxygens (including phenoxy) is 1. The molecule has 1 fully saturated rings. The van der Waals surface area contributed by atoms with Gasteiger partial charge >= 0.3 is 6.61 Å². The monoisotopic (exact) mass is 518 g/mol. The fraction of sp³-hybridized carbons (Fsp3) is 0.484. The molecule has 1 aliphatic carbocycles. The quantitative estimate of drug-likeness (QED) is 0.181. The van der Waals surface area contributed by atoms with Crippen molar-refractivity contribution in [3.63, 3.8) is 0 Å². The summed E-state index contributed by atoms with van der Waals surface area (Å²) < 4.78 is 72.4. The summed E-state index contributed by atoms with van der Waals surface area (Å²) in [5, 5.41) is 1.06. The van der Waals surface area contributed by atoms with Crippen molar-refractivity contribution in [1.29, 1.82) is 0 Å². The number of alkyl halides is 2. The first-order chi connectivity index (χ1) is 17.9. The van der Waals surface area contributed by atoms with Gasteiger partial charge in [0.15, 0.2) is 17.4 Å². The Morgan fingerprint density at radius 2 is 1.49 bits per heavy atom. The number of aryl methyl sites for hydroxylation is 1. The summed E-state index contributed by atoms with van der Waals surface area (Å²) in [5.41, 5.74) is 1.06. The van der Waals surface area contributed by atoms with Gasteiger partial charge in [0.25, 0.3) is 0 Å². The molecule has 37 heavy (non-hydrogen) atoms. The fourth-order valence-electron chi connectivity index (χ4n) is 5.68. The maximum atomic E-state index is 15.3. The summed E-state index contributed by atoms with van der Waals surface area (Å²) in [6.45, 7) is -1.12. The van der Waals surface area contributed by atoms with Crippen LogP contribution in [0.5, 0.6) is 5.75 Å². The normalized spacial score (nSPS) is 18.0. The predicted molar refractivity (Wildman–Crippen MR) is 138 cm³/mol. The third-order valence-electron chi connectivity index (χ3n) is 7.81. The predicted octanol–water partition coefficient (Wildman–Crippen LogP) is 10.2. The van der Waals surface area contributed by atoms with Gasteiger partial charge in [0.05, 0.1) is 0 Å². The van der Waals surface area contributed by atoms with Gasteiger partial charge in [-0.1, -0.05) is 95.0 Å². The van der Waals surface area contributed by atoms with Gasteiger partial charge in [0, 0.05) is 10.9 Å². The van der Waals surface area contributed by atoms with Crippen molar-refractivity contribution in [3.8, 4) is 16.9 Å². The molecule has 0 N–H and O–H groups in total. The van der Waals surface area contributed by atoms with Gasteiger partial charge in [0.2, 0.25) is 0 Å². The van der Waals surface area contributed by atoms with E-state index in [9.17, 15) is 17.6 Å². The highest BCUT2D eigenvalue weighted by atomic mass is 19.3. The number of rotatable bonds is 11. The van der Waals surface area contributed by atoms with E-state index < -0.39 is 29.8 Å². The molecule has 0 bridgehead atoms. The first-order valence-corrected chi connectivity index (χ1v) is 13.5. The molecule has 0 aliphatic heterocycles. The Morgan fingerprint density at radius 3 is 2.14 bits per heavy atom. The SMILES string of the molecule is CCCCCC[C@H]1CC[C@H](CCc2ccc3c(F)c(-c4cc(F)c(OC(F)F)c(F)c4)ccc3c2)CC1. The molecular formula is C31H35F5O. The third kappa shape index (κ3) is 7.03. The Hall–Kier alpha value is -2.63. The van der Waals surface area contributed by atoms with Crippen molar-refractivity contribution in [2.75, 3.05) is 0 Å². The molecule has 0 saturated heterocycles.